The molecule has 0 aromatic heterocycles. The number of nitrogens with zero attached hydrogens (tertiary/aromatic N) is 2. The van der Waals surface area contributed by atoms with Gasteiger partial charge in [-0.25, -0.2) is 0 Å². The van der Waals surface area contributed by atoms with Crippen LogP contribution in [0.5, 0.6) is 11.5 Å². The number of methoxy groups -OCH3 is 2. The molecule has 0 bridgehead atoms. The van der Waals surface area contributed by atoms with Gasteiger partial charge in [-0.2, -0.15) is 0 Å². The molecule has 6 heteroatoms. The van der Waals surface area contributed by atoms with Crippen LogP contribution in [0.15, 0.2) is 18.2 Å². The zero-order valence-corrected chi connectivity index (χ0v) is 14.0. The third-order valence-electron chi connectivity index (χ3n) is 4.07. The normalized spacial score (nSPS) is 13.8. The van der Waals surface area contributed by atoms with Crippen LogP contribution >= 0.6 is 0 Å². The van der Waals surface area contributed by atoms with Crippen LogP contribution < -0.4 is 14.4 Å². The Morgan fingerprint density at radius 3 is 2.43 bits per heavy atom. The van der Waals surface area contributed by atoms with Gasteiger partial charge in [-0.1, -0.05) is 0 Å². The lowest BCUT2D eigenvalue weighted by molar-refractivity contribution is -0.129. The first kappa shape index (κ1) is 17.1. The molecule has 1 heterocycles. The van der Waals surface area contributed by atoms with E-state index in [1.807, 2.05) is 4.90 Å². The maximum Gasteiger partial charge on any atom is 0.224 e. The van der Waals surface area contributed by atoms with E-state index in [9.17, 15) is 9.59 Å². The van der Waals surface area contributed by atoms with E-state index in [1.54, 1.807) is 37.3 Å². The molecule has 6 nitrogen and oxygen atoms in total. The van der Waals surface area contributed by atoms with Gasteiger partial charge in [-0.15, -0.1) is 0 Å². The lowest BCUT2D eigenvalue weighted by Crippen LogP contribution is -2.35. The van der Waals surface area contributed by atoms with Gasteiger partial charge < -0.3 is 19.3 Å². The number of amides is 2. The summed E-state index contributed by atoms with van der Waals surface area (Å²) in [5.74, 6) is 1.18. The first-order valence-electron chi connectivity index (χ1n) is 7.84. The number of carbonyl (C=O) groups is 2. The summed E-state index contributed by atoms with van der Waals surface area (Å²) < 4.78 is 10.5. The summed E-state index contributed by atoms with van der Waals surface area (Å²) in [6.45, 7) is 3.48. The van der Waals surface area contributed by atoms with Gasteiger partial charge in [0.15, 0.2) is 0 Å². The fraction of sp³-hybridized carbons (Fsp3) is 0.529. The average molecular weight is 320 g/mol. The molecule has 23 heavy (non-hydrogen) atoms. The van der Waals surface area contributed by atoms with Crippen LogP contribution in [-0.4, -0.2) is 50.6 Å². The predicted octanol–water partition coefficient (Wildman–Crippen LogP) is 2.07. The molecule has 0 N–H and O–H groups in total. The van der Waals surface area contributed by atoms with Crippen LogP contribution in [0.4, 0.5) is 5.69 Å². The maximum absolute atomic E-state index is 12.2. The van der Waals surface area contributed by atoms with E-state index in [0.29, 0.717) is 30.2 Å². The highest BCUT2D eigenvalue weighted by atomic mass is 16.5. The van der Waals surface area contributed by atoms with Gasteiger partial charge in [0, 0.05) is 39.0 Å². The third-order valence-corrected chi connectivity index (χ3v) is 4.07. The Balaban J connectivity index is 2.11. The van der Waals surface area contributed by atoms with Crippen molar-refractivity contribution >= 4 is 17.5 Å². The fourth-order valence-corrected chi connectivity index (χ4v) is 2.79. The van der Waals surface area contributed by atoms with Crippen molar-refractivity contribution in [3.05, 3.63) is 18.2 Å². The number of anilines is 1. The first-order valence-corrected chi connectivity index (χ1v) is 7.84. The Hall–Kier alpha value is -2.24. The second kappa shape index (κ2) is 7.85. The van der Waals surface area contributed by atoms with Crippen molar-refractivity contribution in [3.63, 3.8) is 0 Å². The molecule has 0 aliphatic carbocycles. The van der Waals surface area contributed by atoms with E-state index in [1.165, 1.54) is 6.92 Å². The molecule has 0 atom stereocenters. The van der Waals surface area contributed by atoms with E-state index in [2.05, 4.69) is 0 Å². The minimum atomic E-state index is -0.123. The fourth-order valence-electron chi connectivity index (χ4n) is 2.79. The summed E-state index contributed by atoms with van der Waals surface area (Å²) in [5, 5.41) is 0. The highest BCUT2D eigenvalue weighted by molar-refractivity contribution is 5.94. The number of likely N-dealkylation sites (tertiary alicyclic amines) is 1. The minimum Gasteiger partial charge on any atom is -0.497 e. The maximum atomic E-state index is 12.2. The molecule has 1 aromatic rings. The SMILES string of the molecule is COc1ccc(N(CCC(=O)N2CCCC2)C(C)=O)c(OC)c1. The number of benzene rings is 1. The highest BCUT2D eigenvalue weighted by Crippen LogP contribution is 2.32. The third kappa shape index (κ3) is 4.15. The highest BCUT2D eigenvalue weighted by Gasteiger charge is 2.21. The van der Waals surface area contributed by atoms with Crippen molar-refractivity contribution in [1.82, 2.24) is 4.90 Å². The Labute approximate surface area is 137 Å². The lowest BCUT2D eigenvalue weighted by atomic mass is 10.2. The lowest BCUT2D eigenvalue weighted by Gasteiger charge is -2.24. The summed E-state index contributed by atoms with van der Waals surface area (Å²) in [7, 11) is 3.12. The summed E-state index contributed by atoms with van der Waals surface area (Å²) in [6, 6.07) is 5.28. The Morgan fingerprint density at radius 2 is 1.87 bits per heavy atom. The molecule has 0 saturated carbocycles. The van der Waals surface area contributed by atoms with Crippen molar-refractivity contribution in [2.45, 2.75) is 26.2 Å². The van der Waals surface area contributed by atoms with Crippen molar-refractivity contribution < 1.29 is 19.1 Å². The molecule has 0 radical (unpaired) electrons. The van der Waals surface area contributed by atoms with Gasteiger partial charge in [0.2, 0.25) is 11.8 Å². The van der Waals surface area contributed by atoms with Crippen molar-refractivity contribution in [3.8, 4) is 11.5 Å². The van der Waals surface area contributed by atoms with Crippen LogP contribution in [0.1, 0.15) is 26.2 Å². The largest absolute Gasteiger partial charge is 0.497 e. The van der Waals surface area contributed by atoms with Gasteiger partial charge in [0.1, 0.15) is 11.5 Å². The van der Waals surface area contributed by atoms with Crippen LogP contribution in [0, 0.1) is 0 Å². The van der Waals surface area contributed by atoms with E-state index in [0.717, 1.165) is 25.9 Å². The Kier molecular flexibility index (Phi) is 5.84. The molecular formula is C17H24N2O4. The van der Waals surface area contributed by atoms with Gasteiger partial charge in [0.05, 0.1) is 19.9 Å². The summed E-state index contributed by atoms with van der Waals surface area (Å²) in [4.78, 5) is 27.7. The van der Waals surface area contributed by atoms with Gasteiger partial charge in [-0.3, -0.25) is 9.59 Å². The zero-order chi connectivity index (χ0) is 16.8. The molecule has 0 unspecified atom stereocenters. The summed E-state index contributed by atoms with van der Waals surface area (Å²) >= 11 is 0. The van der Waals surface area contributed by atoms with Crippen molar-refractivity contribution in [2.24, 2.45) is 0 Å². The standard InChI is InChI=1S/C17H24N2O4/c1-13(20)19(11-8-17(21)18-9-4-5-10-18)15-7-6-14(22-2)12-16(15)23-3/h6-7,12H,4-5,8-11H2,1-3H3. The molecule has 1 aromatic carbocycles. The second-order valence-electron chi connectivity index (χ2n) is 5.55. The van der Waals surface area contributed by atoms with Crippen molar-refractivity contribution in [2.75, 3.05) is 38.8 Å². The van der Waals surface area contributed by atoms with E-state index < -0.39 is 0 Å². The van der Waals surface area contributed by atoms with E-state index in [-0.39, 0.29) is 11.8 Å². The van der Waals surface area contributed by atoms with Gasteiger partial charge >= 0.3 is 0 Å². The Bertz CT molecular complexity index is 568. The molecule has 1 aliphatic heterocycles. The zero-order valence-electron chi connectivity index (χ0n) is 14.0. The minimum absolute atomic E-state index is 0.0984. The smallest absolute Gasteiger partial charge is 0.224 e. The molecule has 0 spiro atoms. The monoisotopic (exact) mass is 320 g/mol. The van der Waals surface area contributed by atoms with Crippen LogP contribution in [-0.2, 0) is 9.59 Å². The van der Waals surface area contributed by atoms with Gasteiger partial charge in [-0.05, 0) is 25.0 Å². The molecule has 2 amide bonds. The van der Waals surface area contributed by atoms with E-state index in [4.69, 9.17) is 9.47 Å². The van der Waals surface area contributed by atoms with Crippen LogP contribution in [0.2, 0.25) is 0 Å². The molecule has 1 saturated heterocycles. The molecule has 126 valence electrons. The van der Waals surface area contributed by atoms with Gasteiger partial charge in [0.25, 0.3) is 0 Å². The summed E-state index contributed by atoms with van der Waals surface area (Å²) in [5.41, 5.74) is 0.648. The quantitative estimate of drug-likeness (QED) is 0.805. The molecular weight excluding hydrogens is 296 g/mol. The van der Waals surface area contributed by atoms with Crippen LogP contribution in [0.25, 0.3) is 0 Å². The number of hydrogen-bond acceptors (Lipinski definition) is 4. The summed E-state index contributed by atoms with van der Waals surface area (Å²) in [6.07, 6.45) is 2.44. The number of hydrogen-bond donors (Lipinski definition) is 0. The number of ether oxygens (including phenoxy) is 2. The average Bonchev–Trinajstić information content (AvgIpc) is 3.09. The molecule has 1 aliphatic rings. The van der Waals surface area contributed by atoms with Crippen LogP contribution in [0.3, 0.4) is 0 Å². The number of rotatable bonds is 6. The first-order chi connectivity index (χ1) is 11.1. The topological polar surface area (TPSA) is 59.1 Å². The van der Waals surface area contributed by atoms with E-state index >= 15 is 0 Å². The molecule has 2 rings (SSSR count). The molecule has 1 fully saturated rings. The number of carbonyl (C=O) groups excluding carboxylic acids is 2. The van der Waals surface area contributed by atoms with Crippen molar-refractivity contribution in [1.29, 1.82) is 0 Å². The second-order valence-corrected chi connectivity index (χ2v) is 5.55. The Morgan fingerprint density at radius 1 is 1.17 bits per heavy atom. The predicted molar refractivity (Wildman–Crippen MR) is 88.0 cm³/mol.